The summed E-state index contributed by atoms with van der Waals surface area (Å²) in [5.41, 5.74) is 4.57. The minimum Gasteiger partial charge on any atom is -0.378 e. The van der Waals surface area contributed by atoms with E-state index < -0.39 is 0 Å². The minimum atomic E-state index is -0.327. The number of amides is 1. The highest BCUT2D eigenvalue weighted by molar-refractivity contribution is 5.95. The molecule has 34 heavy (non-hydrogen) atoms. The summed E-state index contributed by atoms with van der Waals surface area (Å²) >= 11 is 0. The van der Waals surface area contributed by atoms with Gasteiger partial charge in [-0.05, 0) is 42.5 Å². The smallest absolute Gasteiger partial charge is 0.243 e. The molecule has 2 aliphatic rings. The number of anilines is 4. The summed E-state index contributed by atoms with van der Waals surface area (Å²) in [7, 11) is 0. The van der Waals surface area contributed by atoms with Gasteiger partial charge in [0.1, 0.15) is 6.04 Å². The average molecular weight is 461 g/mol. The molecule has 1 unspecified atom stereocenters. The molecule has 3 aromatic rings. The summed E-state index contributed by atoms with van der Waals surface area (Å²) in [5.74, 6) is 0.429. The first kappa shape index (κ1) is 22.3. The number of rotatable bonds is 6. The molecule has 9 nitrogen and oxygen atoms in total. The van der Waals surface area contributed by atoms with Crippen molar-refractivity contribution in [1.82, 2.24) is 15.3 Å². The van der Waals surface area contributed by atoms with Gasteiger partial charge in [-0.15, -0.1) is 0 Å². The molecule has 1 amide bonds. The Balaban J connectivity index is 1.21. The highest BCUT2D eigenvalue weighted by Crippen LogP contribution is 2.23. The highest BCUT2D eigenvalue weighted by Gasteiger charge is 2.21. The van der Waals surface area contributed by atoms with Gasteiger partial charge in [-0.25, -0.2) is 9.97 Å². The van der Waals surface area contributed by atoms with Crippen molar-refractivity contribution in [2.75, 3.05) is 61.6 Å². The number of nitrogens with one attached hydrogen (secondary N) is 3. The first-order valence-electron chi connectivity index (χ1n) is 11.5. The number of benzene rings is 2. The fourth-order valence-corrected chi connectivity index (χ4v) is 3.97. The largest absolute Gasteiger partial charge is 0.378 e. The second-order valence-corrected chi connectivity index (χ2v) is 8.19. The molecule has 0 bridgehead atoms. The van der Waals surface area contributed by atoms with Crippen molar-refractivity contribution in [3.63, 3.8) is 0 Å². The quantitative estimate of drug-likeness (QED) is 0.516. The van der Waals surface area contributed by atoms with Gasteiger partial charge in [-0.3, -0.25) is 4.79 Å². The molecule has 2 aromatic carbocycles. The first-order chi connectivity index (χ1) is 16.7. The van der Waals surface area contributed by atoms with Crippen LogP contribution in [0.15, 0.2) is 60.8 Å². The monoisotopic (exact) mass is 460 g/mol. The predicted molar refractivity (Wildman–Crippen MR) is 131 cm³/mol. The third-order valence-electron chi connectivity index (χ3n) is 5.84. The predicted octanol–water partition coefficient (Wildman–Crippen LogP) is 2.65. The number of ether oxygens (including phenoxy) is 2. The Hall–Kier alpha value is -3.53. The fraction of sp³-hybridized carbons (Fsp3) is 0.320. The number of aromatic nitrogens is 2. The van der Waals surface area contributed by atoms with Crippen molar-refractivity contribution < 1.29 is 14.3 Å². The van der Waals surface area contributed by atoms with Crippen molar-refractivity contribution in [2.24, 2.45) is 0 Å². The lowest BCUT2D eigenvalue weighted by molar-refractivity contribution is -0.120. The molecule has 0 radical (unpaired) electrons. The Bertz CT molecular complexity index is 1090. The van der Waals surface area contributed by atoms with E-state index in [2.05, 4.69) is 43.0 Å². The summed E-state index contributed by atoms with van der Waals surface area (Å²) in [6.07, 6.45) is 1.73. The maximum atomic E-state index is 12.4. The Labute approximate surface area is 198 Å². The second-order valence-electron chi connectivity index (χ2n) is 8.19. The van der Waals surface area contributed by atoms with Crippen LogP contribution >= 0.6 is 0 Å². The lowest BCUT2D eigenvalue weighted by Gasteiger charge is -2.28. The number of morpholine rings is 2. The maximum absolute atomic E-state index is 12.4. The van der Waals surface area contributed by atoms with Crippen LogP contribution in [0, 0.1) is 0 Å². The molecular formula is C25H28N6O3. The first-order valence-corrected chi connectivity index (χ1v) is 11.5. The van der Waals surface area contributed by atoms with Gasteiger partial charge in [0.25, 0.3) is 0 Å². The Morgan fingerprint density at radius 3 is 2.44 bits per heavy atom. The summed E-state index contributed by atoms with van der Waals surface area (Å²) in [4.78, 5) is 23.7. The van der Waals surface area contributed by atoms with Gasteiger partial charge >= 0.3 is 0 Å². The Morgan fingerprint density at radius 1 is 0.941 bits per heavy atom. The van der Waals surface area contributed by atoms with Gasteiger partial charge in [0, 0.05) is 48.5 Å². The number of carbonyl (C=O) groups excluding carboxylic acids is 1. The van der Waals surface area contributed by atoms with Crippen LogP contribution in [-0.4, -0.2) is 68.0 Å². The van der Waals surface area contributed by atoms with Crippen LogP contribution in [0.4, 0.5) is 23.0 Å². The van der Waals surface area contributed by atoms with E-state index >= 15 is 0 Å². The molecule has 2 saturated heterocycles. The highest BCUT2D eigenvalue weighted by atomic mass is 16.5. The van der Waals surface area contributed by atoms with Crippen molar-refractivity contribution in [3.8, 4) is 11.3 Å². The molecule has 0 aliphatic carbocycles. The molecule has 2 aliphatic heterocycles. The number of hydrogen-bond donors (Lipinski definition) is 3. The van der Waals surface area contributed by atoms with Crippen LogP contribution in [0.5, 0.6) is 0 Å². The molecule has 2 fully saturated rings. The normalized spacial score (nSPS) is 18.4. The lowest BCUT2D eigenvalue weighted by Crippen LogP contribution is -2.48. The third-order valence-corrected chi connectivity index (χ3v) is 5.84. The third kappa shape index (κ3) is 5.51. The van der Waals surface area contributed by atoms with Gasteiger partial charge in [0.2, 0.25) is 11.9 Å². The topological polar surface area (TPSA) is 101 Å². The molecule has 176 valence electrons. The summed E-state index contributed by atoms with van der Waals surface area (Å²) in [6, 6.07) is 17.4. The van der Waals surface area contributed by atoms with E-state index in [0.29, 0.717) is 25.7 Å². The zero-order valence-electron chi connectivity index (χ0n) is 18.9. The summed E-state index contributed by atoms with van der Waals surface area (Å²) in [5, 5.41) is 9.36. The van der Waals surface area contributed by atoms with Crippen molar-refractivity contribution in [2.45, 2.75) is 6.04 Å². The van der Waals surface area contributed by atoms with Crippen molar-refractivity contribution in [1.29, 1.82) is 0 Å². The second kappa shape index (κ2) is 10.6. The summed E-state index contributed by atoms with van der Waals surface area (Å²) in [6.45, 7) is 5.05. The van der Waals surface area contributed by atoms with E-state index in [1.54, 1.807) is 6.20 Å². The molecule has 3 N–H and O–H groups in total. The van der Waals surface area contributed by atoms with E-state index in [1.165, 1.54) is 5.69 Å². The van der Waals surface area contributed by atoms with Crippen LogP contribution in [0.2, 0.25) is 0 Å². The lowest BCUT2D eigenvalue weighted by atomic mass is 10.1. The van der Waals surface area contributed by atoms with Gasteiger partial charge in [-0.2, -0.15) is 0 Å². The molecule has 5 rings (SSSR count). The SMILES string of the molecule is O=C(Nc1ccc(-c2ccnc(Nc3ccc(N4CCOCC4)cc3)n2)cc1)C1COCCN1. The van der Waals surface area contributed by atoms with E-state index in [-0.39, 0.29) is 11.9 Å². The fourth-order valence-electron chi connectivity index (χ4n) is 3.97. The van der Waals surface area contributed by atoms with E-state index in [9.17, 15) is 4.79 Å². The molecule has 1 atom stereocenters. The van der Waals surface area contributed by atoms with E-state index in [0.717, 1.165) is 48.9 Å². The van der Waals surface area contributed by atoms with Gasteiger partial charge in [0.15, 0.2) is 0 Å². The standard InChI is InChI=1S/C25H28N6O3/c32-24(23-17-34-14-11-26-23)28-19-3-1-18(2-4-19)22-9-10-27-25(30-22)29-20-5-7-21(8-6-20)31-12-15-33-16-13-31/h1-10,23,26H,11-17H2,(H,28,32)(H,27,29,30). The van der Waals surface area contributed by atoms with Crippen LogP contribution in [0.1, 0.15) is 0 Å². The molecule has 9 heteroatoms. The minimum absolute atomic E-state index is 0.0967. The van der Waals surface area contributed by atoms with E-state index in [4.69, 9.17) is 9.47 Å². The molecule has 3 heterocycles. The van der Waals surface area contributed by atoms with Gasteiger partial charge in [0.05, 0.1) is 32.1 Å². The number of carbonyl (C=O) groups is 1. The average Bonchev–Trinajstić information content (AvgIpc) is 2.91. The van der Waals surface area contributed by atoms with Crippen LogP contribution < -0.4 is 20.9 Å². The van der Waals surface area contributed by atoms with Gasteiger partial charge in [-0.1, -0.05) is 12.1 Å². The zero-order chi connectivity index (χ0) is 23.2. The molecule has 0 spiro atoms. The van der Waals surface area contributed by atoms with Crippen LogP contribution in [0.25, 0.3) is 11.3 Å². The Kier molecular flexibility index (Phi) is 6.94. The molecular weight excluding hydrogens is 432 g/mol. The maximum Gasteiger partial charge on any atom is 0.243 e. The number of hydrogen-bond acceptors (Lipinski definition) is 8. The Morgan fingerprint density at radius 2 is 1.71 bits per heavy atom. The van der Waals surface area contributed by atoms with Crippen molar-refractivity contribution >= 4 is 28.9 Å². The van der Waals surface area contributed by atoms with Crippen molar-refractivity contribution in [3.05, 3.63) is 60.8 Å². The zero-order valence-corrected chi connectivity index (χ0v) is 18.9. The van der Waals surface area contributed by atoms with E-state index in [1.807, 2.05) is 42.5 Å². The van der Waals surface area contributed by atoms with Gasteiger partial charge < -0.3 is 30.3 Å². The number of nitrogens with zero attached hydrogens (tertiary/aromatic N) is 3. The summed E-state index contributed by atoms with van der Waals surface area (Å²) < 4.78 is 10.8. The molecule has 1 aromatic heterocycles. The van der Waals surface area contributed by atoms with Crippen LogP contribution in [0.3, 0.4) is 0 Å². The van der Waals surface area contributed by atoms with Crippen LogP contribution in [-0.2, 0) is 14.3 Å². The molecule has 0 saturated carbocycles.